The lowest BCUT2D eigenvalue weighted by atomic mass is 10.1. The van der Waals surface area contributed by atoms with Crippen LogP contribution in [0.25, 0.3) is 10.9 Å². The average Bonchev–Trinajstić information content (AvgIpc) is 2.62. The van der Waals surface area contributed by atoms with Gasteiger partial charge in [0.15, 0.2) is 0 Å². The molecule has 0 radical (unpaired) electrons. The van der Waals surface area contributed by atoms with Crippen LogP contribution in [0.3, 0.4) is 0 Å². The molecule has 1 aromatic heterocycles. The normalized spacial score (nSPS) is 10.8. The SMILES string of the molecule is Cc1cccc2cc(CCC(=O)NCCc3ccccc3F)c(=O)[nH]c12. The number of carbonyl (C=O) groups excluding carboxylic acids is 1. The number of fused-ring (bicyclic) bond motifs is 1. The molecule has 3 rings (SSSR count). The number of hydrogen-bond donors (Lipinski definition) is 2. The molecule has 0 bridgehead atoms. The largest absolute Gasteiger partial charge is 0.356 e. The minimum Gasteiger partial charge on any atom is -0.356 e. The van der Waals surface area contributed by atoms with Crippen LogP contribution in [-0.2, 0) is 17.6 Å². The van der Waals surface area contributed by atoms with Crippen molar-refractivity contribution in [2.24, 2.45) is 0 Å². The Morgan fingerprint density at radius 2 is 1.88 bits per heavy atom. The van der Waals surface area contributed by atoms with Crippen molar-refractivity contribution in [1.82, 2.24) is 10.3 Å². The van der Waals surface area contributed by atoms with E-state index in [1.54, 1.807) is 18.2 Å². The molecule has 2 aromatic carbocycles. The number of H-pyrrole nitrogens is 1. The Morgan fingerprint density at radius 1 is 1.08 bits per heavy atom. The molecule has 4 nitrogen and oxygen atoms in total. The maximum atomic E-state index is 13.5. The van der Waals surface area contributed by atoms with E-state index in [9.17, 15) is 14.0 Å². The number of aromatic nitrogens is 1. The molecule has 5 heteroatoms. The van der Waals surface area contributed by atoms with E-state index in [1.165, 1.54) is 6.07 Å². The van der Waals surface area contributed by atoms with E-state index < -0.39 is 0 Å². The van der Waals surface area contributed by atoms with Gasteiger partial charge >= 0.3 is 0 Å². The Balaban J connectivity index is 1.56. The zero-order valence-electron chi connectivity index (χ0n) is 14.6. The molecule has 0 aliphatic heterocycles. The second kappa shape index (κ2) is 7.95. The summed E-state index contributed by atoms with van der Waals surface area (Å²) >= 11 is 0. The minimum absolute atomic E-state index is 0.148. The quantitative estimate of drug-likeness (QED) is 0.715. The first kappa shape index (κ1) is 17.9. The van der Waals surface area contributed by atoms with E-state index in [2.05, 4.69) is 10.3 Å². The van der Waals surface area contributed by atoms with Gasteiger partial charge in [-0.05, 0) is 48.4 Å². The Kier molecular flexibility index (Phi) is 5.46. The highest BCUT2D eigenvalue weighted by Gasteiger charge is 2.08. The maximum Gasteiger partial charge on any atom is 0.251 e. The summed E-state index contributed by atoms with van der Waals surface area (Å²) in [6, 6.07) is 14.2. The van der Waals surface area contributed by atoms with Gasteiger partial charge in [-0.25, -0.2) is 4.39 Å². The minimum atomic E-state index is -0.264. The van der Waals surface area contributed by atoms with Gasteiger partial charge in [0.25, 0.3) is 5.56 Å². The molecule has 3 aromatic rings. The molecule has 0 fully saturated rings. The van der Waals surface area contributed by atoms with Crippen molar-refractivity contribution in [1.29, 1.82) is 0 Å². The lowest BCUT2D eigenvalue weighted by Gasteiger charge is -2.07. The first-order valence-corrected chi connectivity index (χ1v) is 8.66. The zero-order valence-corrected chi connectivity index (χ0v) is 14.6. The summed E-state index contributed by atoms with van der Waals surface area (Å²) in [7, 11) is 0. The first-order chi connectivity index (χ1) is 12.5. The predicted molar refractivity (Wildman–Crippen MR) is 101 cm³/mol. The standard InChI is InChI=1S/C21H21FN2O2/c1-14-5-4-7-16-13-17(21(26)24-20(14)16)9-10-19(25)23-12-11-15-6-2-3-8-18(15)22/h2-8,13H,9-12H2,1H3,(H,23,25)(H,24,26). The van der Waals surface area contributed by atoms with E-state index >= 15 is 0 Å². The number of hydrogen-bond acceptors (Lipinski definition) is 2. The molecule has 26 heavy (non-hydrogen) atoms. The Labute approximate surface area is 151 Å². The molecule has 0 unspecified atom stereocenters. The third-order valence-corrected chi connectivity index (χ3v) is 4.46. The van der Waals surface area contributed by atoms with Gasteiger partial charge in [0.05, 0.1) is 5.52 Å². The van der Waals surface area contributed by atoms with Crippen molar-refractivity contribution in [2.75, 3.05) is 6.54 Å². The van der Waals surface area contributed by atoms with Crippen molar-refractivity contribution < 1.29 is 9.18 Å². The van der Waals surface area contributed by atoms with Crippen LogP contribution in [0.5, 0.6) is 0 Å². The molecule has 0 saturated heterocycles. The molecule has 1 amide bonds. The summed E-state index contributed by atoms with van der Waals surface area (Å²) in [6.07, 6.45) is 1.02. The molecule has 0 aliphatic rings. The summed E-state index contributed by atoms with van der Waals surface area (Å²) in [5.74, 6) is -0.412. The van der Waals surface area contributed by atoms with Crippen LogP contribution in [0.1, 0.15) is 23.1 Å². The second-order valence-corrected chi connectivity index (χ2v) is 6.35. The van der Waals surface area contributed by atoms with Gasteiger partial charge in [-0.3, -0.25) is 9.59 Å². The molecule has 134 valence electrons. The van der Waals surface area contributed by atoms with E-state index in [0.717, 1.165) is 16.5 Å². The number of nitrogens with one attached hydrogen (secondary N) is 2. The number of aryl methyl sites for hydroxylation is 2. The number of para-hydroxylation sites is 1. The molecule has 1 heterocycles. The summed E-state index contributed by atoms with van der Waals surface area (Å²) in [5.41, 5.74) is 2.85. The highest BCUT2D eigenvalue weighted by Crippen LogP contribution is 2.15. The van der Waals surface area contributed by atoms with E-state index in [0.29, 0.717) is 30.5 Å². The predicted octanol–water partition coefficient (Wildman–Crippen LogP) is 3.27. The molecular formula is C21H21FN2O2. The van der Waals surface area contributed by atoms with Crippen LogP contribution in [0.2, 0.25) is 0 Å². The highest BCUT2D eigenvalue weighted by atomic mass is 19.1. The van der Waals surface area contributed by atoms with E-state index in [1.807, 2.05) is 31.2 Å². The number of benzene rings is 2. The maximum absolute atomic E-state index is 13.5. The molecule has 0 spiro atoms. The van der Waals surface area contributed by atoms with Crippen LogP contribution in [-0.4, -0.2) is 17.4 Å². The zero-order chi connectivity index (χ0) is 18.5. The van der Waals surface area contributed by atoms with Crippen LogP contribution in [0, 0.1) is 12.7 Å². The van der Waals surface area contributed by atoms with Crippen LogP contribution in [0.4, 0.5) is 4.39 Å². The third-order valence-electron chi connectivity index (χ3n) is 4.46. The Hall–Kier alpha value is -2.95. The van der Waals surface area contributed by atoms with E-state index in [4.69, 9.17) is 0 Å². The lowest BCUT2D eigenvalue weighted by Crippen LogP contribution is -2.27. The van der Waals surface area contributed by atoms with Gasteiger partial charge < -0.3 is 10.3 Å². The van der Waals surface area contributed by atoms with Crippen LogP contribution >= 0.6 is 0 Å². The average molecular weight is 352 g/mol. The lowest BCUT2D eigenvalue weighted by molar-refractivity contribution is -0.121. The Bertz CT molecular complexity index is 995. The molecular weight excluding hydrogens is 331 g/mol. The van der Waals surface area contributed by atoms with Gasteiger partial charge in [0, 0.05) is 18.5 Å². The van der Waals surface area contributed by atoms with Gasteiger partial charge in [-0.15, -0.1) is 0 Å². The first-order valence-electron chi connectivity index (χ1n) is 8.66. The van der Waals surface area contributed by atoms with Crippen molar-refractivity contribution >= 4 is 16.8 Å². The molecule has 0 saturated carbocycles. The molecule has 2 N–H and O–H groups in total. The van der Waals surface area contributed by atoms with Crippen molar-refractivity contribution in [3.63, 3.8) is 0 Å². The summed E-state index contributed by atoms with van der Waals surface area (Å²) in [4.78, 5) is 27.1. The number of aromatic amines is 1. The number of halogens is 1. The fraction of sp³-hybridized carbons (Fsp3) is 0.238. The van der Waals surface area contributed by atoms with Gasteiger partial charge in [-0.1, -0.05) is 36.4 Å². The number of rotatable bonds is 6. The fourth-order valence-corrected chi connectivity index (χ4v) is 2.99. The van der Waals surface area contributed by atoms with Gasteiger partial charge in [0.1, 0.15) is 5.82 Å². The second-order valence-electron chi connectivity index (χ2n) is 6.35. The summed E-state index contributed by atoms with van der Waals surface area (Å²) in [6.45, 7) is 2.31. The van der Waals surface area contributed by atoms with Gasteiger partial charge in [-0.2, -0.15) is 0 Å². The summed E-state index contributed by atoms with van der Waals surface area (Å²) < 4.78 is 13.5. The third kappa shape index (κ3) is 4.17. The van der Waals surface area contributed by atoms with Crippen molar-refractivity contribution in [3.05, 3.63) is 81.4 Å². The number of pyridine rings is 1. The fourth-order valence-electron chi connectivity index (χ4n) is 2.99. The monoisotopic (exact) mass is 352 g/mol. The van der Waals surface area contributed by atoms with Crippen molar-refractivity contribution in [3.8, 4) is 0 Å². The topological polar surface area (TPSA) is 62.0 Å². The Morgan fingerprint density at radius 3 is 2.69 bits per heavy atom. The van der Waals surface area contributed by atoms with Crippen LogP contribution < -0.4 is 10.9 Å². The highest BCUT2D eigenvalue weighted by molar-refractivity contribution is 5.82. The number of carbonyl (C=O) groups is 1. The smallest absolute Gasteiger partial charge is 0.251 e. The number of amides is 1. The van der Waals surface area contributed by atoms with E-state index in [-0.39, 0.29) is 23.7 Å². The molecule has 0 atom stereocenters. The molecule has 0 aliphatic carbocycles. The summed E-state index contributed by atoms with van der Waals surface area (Å²) in [5, 5.41) is 3.73. The van der Waals surface area contributed by atoms with Crippen LogP contribution in [0.15, 0.2) is 53.3 Å². The van der Waals surface area contributed by atoms with Gasteiger partial charge in [0.2, 0.25) is 5.91 Å². The van der Waals surface area contributed by atoms with Crippen molar-refractivity contribution in [2.45, 2.75) is 26.2 Å².